The smallest absolute Gasteiger partial charge is 0.221 e. The molecule has 1 atom stereocenters. The van der Waals surface area contributed by atoms with Gasteiger partial charge in [-0.2, -0.15) is 0 Å². The topological polar surface area (TPSA) is 70.4 Å². The fourth-order valence-electron chi connectivity index (χ4n) is 5.91. The molecular formula is C31H36N4O2. The van der Waals surface area contributed by atoms with E-state index in [2.05, 4.69) is 65.0 Å². The lowest BCUT2D eigenvalue weighted by atomic mass is 9.83. The van der Waals surface area contributed by atoms with Crippen LogP contribution in [0.2, 0.25) is 0 Å². The lowest BCUT2D eigenvalue weighted by Crippen LogP contribution is -2.45. The molecule has 6 nitrogen and oxygen atoms in total. The predicted molar refractivity (Wildman–Crippen MR) is 147 cm³/mol. The number of carbonyl (C=O) groups is 1. The van der Waals surface area contributed by atoms with Gasteiger partial charge in [0.2, 0.25) is 5.78 Å². The van der Waals surface area contributed by atoms with Crippen molar-refractivity contribution < 1.29 is 9.90 Å². The Morgan fingerprint density at radius 2 is 1.70 bits per heavy atom. The Morgan fingerprint density at radius 1 is 1.08 bits per heavy atom. The first-order chi connectivity index (χ1) is 18.1. The first kappa shape index (κ1) is 25.0. The van der Waals surface area contributed by atoms with Gasteiger partial charge in [-0.05, 0) is 30.0 Å². The number of aromatic nitrogens is 2. The summed E-state index contributed by atoms with van der Waals surface area (Å²) < 4.78 is 2.18. The number of fused-ring (bicyclic) bond motifs is 1. The average molecular weight is 497 g/mol. The molecule has 0 radical (unpaired) electrons. The Hall–Kier alpha value is -3.64. The molecule has 1 fully saturated rings. The molecule has 1 aliphatic carbocycles. The number of aliphatic hydroxyl groups is 1. The van der Waals surface area contributed by atoms with Gasteiger partial charge in [0.25, 0.3) is 0 Å². The van der Waals surface area contributed by atoms with Crippen LogP contribution in [0.3, 0.4) is 0 Å². The van der Waals surface area contributed by atoms with Gasteiger partial charge in [-0.25, -0.2) is 4.98 Å². The average Bonchev–Trinajstić information content (AvgIpc) is 3.35. The van der Waals surface area contributed by atoms with Crippen molar-refractivity contribution in [1.29, 1.82) is 0 Å². The molecule has 5 rings (SSSR count). The van der Waals surface area contributed by atoms with Gasteiger partial charge in [0, 0.05) is 32.1 Å². The second kappa shape index (κ2) is 11.2. The van der Waals surface area contributed by atoms with Crippen LogP contribution in [-0.4, -0.2) is 44.5 Å². The van der Waals surface area contributed by atoms with E-state index >= 15 is 0 Å². The number of ketones is 1. The Balaban J connectivity index is 1.58. The highest BCUT2D eigenvalue weighted by Crippen LogP contribution is 2.39. The van der Waals surface area contributed by atoms with E-state index < -0.39 is 5.78 Å². The third kappa shape index (κ3) is 5.12. The molecule has 0 amide bonds. The molecule has 6 heteroatoms. The van der Waals surface area contributed by atoms with Crippen LogP contribution < -0.4 is 5.32 Å². The predicted octanol–water partition coefficient (Wildman–Crippen LogP) is 5.43. The van der Waals surface area contributed by atoms with Crippen molar-refractivity contribution in [2.75, 3.05) is 7.05 Å². The highest BCUT2D eigenvalue weighted by molar-refractivity contribution is 6.06. The molecule has 0 saturated heterocycles. The van der Waals surface area contributed by atoms with E-state index in [4.69, 9.17) is 4.98 Å². The van der Waals surface area contributed by atoms with Crippen LogP contribution in [0.5, 0.6) is 0 Å². The normalized spacial score (nSPS) is 19.5. The van der Waals surface area contributed by atoms with Crippen molar-refractivity contribution >= 4 is 11.5 Å². The van der Waals surface area contributed by atoms with Crippen LogP contribution in [0.25, 0.3) is 5.70 Å². The second-order valence-corrected chi connectivity index (χ2v) is 10.1. The van der Waals surface area contributed by atoms with Crippen molar-refractivity contribution in [1.82, 2.24) is 19.8 Å². The summed E-state index contributed by atoms with van der Waals surface area (Å²) in [4.78, 5) is 19.4. The number of nitrogens with one attached hydrogen (secondary N) is 1. The van der Waals surface area contributed by atoms with Crippen molar-refractivity contribution in [3.05, 3.63) is 108 Å². The van der Waals surface area contributed by atoms with Gasteiger partial charge in [-0.15, -0.1) is 0 Å². The third-order valence-electron chi connectivity index (χ3n) is 7.89. The van der Waals surface area contributed by atoms with E-state index in [1.165, 1.54) is 43.2 Å². The molecule has 0 bridgehead atoms. The molecule has 192 valence electrons. The number of carbonyl (C=O) groups excluding carboxylic acids is 1. The van der Waals surface area contributed by atoms with E-state index in [1.807, 2.05) is 30.3 Å². The number of hydrogen-bond donors (Lipinski definition) is 2. The zero-order valence-electron chi connectivity index (χ0n) is 21.5. The van der Waals surface area contributed by atoms with Crippen LogP contribution in [-0.2, 0) is 17.9 Å². The first-order valence-electron chi connectivity index (χ1n) is 13.3. The van der Waals surface area contributed by atoms with Gasteiger partial charge in [-0.3, -0.25) is 4.79 Å². The molecule has 1 saturated carbocycles. The summed E-state index contributed by atoms with van der Waals surface area (Å²) in [6, 6.07) is 21.4. The number of rotatable bonds is 8. The van der Waals surface area contributed by atoms with Crippen LogP contribution in [0, 0.1) is 0 Å². The minimum absolute atomic E-state index is 0.0173. The quantitative estimate of drug-likeness (QED) is 0.321. The van der Waals surface area contributed by atoms with E-state index in [1.54, 1.807) is 0 Å². The van der Waals surface area contributed by atoms with Crippen LogP contribution >= 0.6 is 0 Å². The number of hydrogen-bond acceptors (Lipinski definition) is 5. The lowest BCUT2D eigenvalue weighted by molar-refractivity contribution is -0.113. The number of nitrogens with zero attached hydrogens (tertiary/aromatic N) is 3. The minimum Gasteiger partial charge on any atom is -0.503 e. The molecular weight excluding hydrogens is 460 g/mol. The van der Waals surface area contributed by atoms with Gasteiger partial charge in [0.05, 0.1) is 17.9 Å². The van der Waals surface area contributed by atoms with Crippen molar-refractivity contribution in [2.24, 2.45) is 0 Å². The van der Waals surface area contributed by atoms with Gasteiger partial charge in [0.15, 0.2) is 11.6 Å². The summed E-state index contributed by atoms with van der Waals surface area (Å²) >= 11 is 0. The molecule has 2 heterocycles. The lowest BCUT2D eigenvalue weighted by Gasteiger charge is -2.42. The monoisotopic (exact) mass is 496 g/mol. The largest absolute Gasteiger partial charge is 0.503 e. The molecule has 1 aromatic heterocycles. The Labute approximate surface area is 219 Å². The molecule has 0 unspecified atom stereocenters. The maximum Gasteiger partial charge on any atom is 0.221 e. The van der Waals surface area contributed by atoms with Gasteiger partial charge in [-0.1, -0.05) is 86.5 Å². The zero-order valence-corrected chi connectivity index (χ0v) is 21.5. The summed E-state index contributed by atoms with van der Waals surface area (Å²) in [5, 5.41) is 14.8. The minimum atomic E-state index is -0.505. The number of benzene rings is 2. The van der Waals surface area contributed by atoms with Gasteiger partial charge in [0.1, 0.15) is 5.70 Å². The van der Waals surface area contributed by atoms with Gasteiger partial charge < -0.3 is 19.9 Å². The van der Waals surface area contributed by atoms with Crippen molar-refractivity contribution in [2.45, 2.75) is 63.2 Å². The summed E-state index contributed by atoms with van der Waals surface area (Å²) in [5.41, 5.74) is 3.88. The molecule has 37 heavy (non-hydrogen) atoms. The van der Waals surface area contributed by atoms with E-state index in [0.717, 1.165) is 11.8 Å². The number of aliphatic hydroxyl groups excluding tert-OH is 1. The fourth-order valence-corrected chi connectivity index (χ4v) is 5.91. The van der Waals surface area contributed by atoms with Crippen LogP contribution in [0.4, 0.5) is 0 Å². The summed E-state index contributed by atoms with van der Waals surface area (Å²) in [6.07, 6.45) is 9.31. The van der Waals surface area contributed by atoms with Gasteiger partial charge >= 0.3 is 0 Å². The van der Waals surface area contributed by atoms with Crippen LogP contribution in [0.15, 0.2) is 85.3 Å². The SMILES string of the molecule is C=CC(=O)/C(O)=C1/c2ncc(CNC3CCCCC3)n2C[C@H](C(c2ccccc2)c2ccccc2)N1C. The molecule has 3 aromatic rings. The van der Waals surface area contributed by atoms with E-state index in [0.29, 0.717) is 30.7 Å². The molecule has 2 aromatic carbocycles. The van der Waals surface area contributed by atoms with Crippen molar-refractivity contribution in [3.8, 4) is 0 Å². The molecule has 2 aliphatic rings. The number of likely N-dealkylation sites (N-methyl/N-ethyl adjacent to an activating group) is 1. The molecule has 1 aliphatic heterocycles. The van der Waals surface area contributed by atoms with E-state index in [9.17, 15) is 9.90 Å². The summed E-state index contributed by atoms with van der Waals surface area (Å²) in [6.45, 7) is 4.98. The Bertz CT molecular complexity index is 1220. The molecule has 0 spiro atoms. The Kier molecular flexibility index (Phi) is 7.56. The maximum absolute atomic E-state index is 12.6. The third-order valence-corrected chi connectivity index (χ3v) is 7.89. The maximum atomic E-state index is 12.6. The highest BCUT2D eigenvalue weighted by Gasteiger charge is 2.38. The standard InChI is InChI=1S/C31H36N4O2/c1-3-27(36)30(37)29-31-33-20-25(19-32-24-17-11-6-12-18-24)35(31)21-26(34(29)2)28(22-13-7-4-8-14-22)23-15-9-5-10-16-23/h3-5,7-10,13-16,20,24,26,28,32,37H,1,6,11-12,17-19,21H2,2H3/b30-29+/t26-/m1/s1. The van der Waals surface area contributed by atoms with Crippen molar-refractivity contribution in [3.63, 3.8) is 0 Å². The highest BCUT2D eigenvalue weighted by atomic mass is 16.3. The molecule has 2 N–H and O–H groups in total. The Morgan fingerprint density at radius 3 is 2.30 bits per heavy atom. The number of imidazole rings is 1. The number of allylic oxidation sites excluding steroid dienone is 1. The van der Waals surface area contributed by atoms with Crippen LogP contribution in [0.1, 0.15) is 60.7 Å². The second-order valence-electron chi connectivity index (χ2n) is 10.1. The fraction of sp³-hybridized carbons (Fsp3) is 0.355. The summed E-state index contributed by atoms with van der Waals surface area (Å²) in [5.74, 6) is -0.189. The van der Waals surface area contributed by atoms with E-state index in [-0.39, 0.29) is 17.7 Å². The summed E-state index contributed by atoms with van der Waals surface area (Å²) in [7, 11) is 1.95. The first-order valence-corrected chi connectivity index (χ1v) is 13.3. The zero-order chi connectivity index (χ0) is 25.8.